The largest absolute Gasteiger partial charge is 0.393 e. The van der Waals surface area contributed by atoms with Crippen molar-refractivity contribution in [1.29, 1.82) is 0 Å². The number of rotatable bonds is 4. The Labute approximate surface area is 102 Å². The van der Waals surface area contributed by atoms with E-state index in [-0.39, 0.29) is 6.10 Å². The Morgan fingerprint density at radius 3 is 2.94 bits per heavy atom. The average molecular weight is 240 g/mol. The maximum absolute atomic E-state index is 9.18. The highest BCUT2D eigenvalue weighted by molar-refractivity contribution is 6.30. The van der Waals surface area contributed by atoms with Crippen molar-refractivity contribution >= 4 is 11.6 Å². The molecule has 0 bridgehead atoms. The van der Waals surface area contributed by atoms with Crippen LogP contribution in [0.25, 0.3) is 0 Å². The molecule has 0 saturated heterocycles. The SMILES string of the molecule is CC(O)CCNC1Cc2ccc(Cl)cc2C1. The van der Waals surface area contributed by atoms with Crippen LogP contribution in [0.5, 0.6) is 0 Å². The molecule has 88 valence electrons. The van der Waals surface area contributed by atoms with Crippen molar-refractivity contribution in [2.45, 2.75) is 38.3 Å². The number of hydrogen-bond acceptors (Lipinski definition) is 2. The molecule has 2 unspecified atom stereocenters. The molecule has 16 heavy (non-hydrogen) atoms. The molecule has 3 heteroatoms. The zero-order chi connectivity index (χ0) is 11.5. The molecule has 0 aliphatic heterocycles. The van der Waals surface area contributed by atoms with E-state index < -0.39 is 0 Å². The molecule has 0 fully saturated rings. The van der Waals surface area contributed by atoms with Crippen LogP contribution in [0.1, 0.15) is 24.5 Å². The molecule has 2 N–H and O–H groups in total. The zero-order valence-corrected chi connectivity index (χ0v) is 10.3. The molecule has 0 aromatic heterocycles. The van der Waals surface area contributed by atoms with E-state index in [1.807, 2.05) is 13.0 Å². The highest BCUT2D eigenvalue weighted by Crippen LogP contribution is 2.25. The fraction of sp³-hybridized carbons (Fsp3) is 0.538. The molecule has 2 rings (SSSR count). The van der Waals surface area contributed by atoms with Gasteiger partial charge in [-0.3, -0.25) is 0 Å². The van der Waals surface area contributed by atoms with Crippen LogP contribution in [0.4, 0.5) is 0 Å². The van der Waals surface area contributed by atoms with Crippen molar-refractivity contribution in [3.05, 3.63) is 34.3 Å². The molecule has 0 heterocycles. The number of aliphatic hydroxyl groups excluding tert-OH is 1. The van der Waals surface area contributed by atoms with Crippen LogP contribution in [0.2, 0.25) is 5.02 Å². The lowest BCUT2D eigenvalue weighted by Gasteiger charge is -2.12. The van der Waals surface area contributed by atoms with Crippen molar-refractivity contribution in [3.63, 3.8) is 0 Å². The van der Waals surface area contributed by atoms with Crippen molar-refractivity contribution in [3.8, 4) is 0 Å². The standard InChI is InChI=1S/C13H18ClNO/c1-9(16)4-5-15-13-7-10-2-3-12(14)6-11(10)8-13/h2-3,6,9,13,15-16H,4-5,7-8H2,1H3. The molecule has 0 spiro atoms. The third-order valence-corrected chi connectivity index (χ3v) is 3.33. The van der Waals surface area contributed by atoms with Gasteiger partial charge in [0.25, 0.3) is 0 Å². The molecule has 0 saturated carbocycles. The first-order valence-electron chi connectivity index (χ1n) is 5.84. The number of hydrogen-bond donors (Lipinski definition) is 2. The van der Waals surface area contributed by atoms with Gasteiger partial charge in [-0.05, 0) is 56.0 Å². The molecule has 0 radical (unpaired) electrons. The van der Waals surface area contributed by atoms with E-state index >= 15 is 0 Å². The van der Waals surface area contributed by atoms with Crippen LogP contribution in [0.3, 0.4) is 0 Å². The maximum Gasteiger partial charge on any atom is 0.0524 e. The summed E-state index contributed by atoms with van der Waals surface area (Å²) in [6, 6.07) is 6.65. The van der Waals surface area contributed by atoms with Crippen LogP contribution in [0.15, 0.2) is 18.2 Å². The van der Waals surface area contributed by atoms with Gasteiger partial charge in [0.05, 0.1) is 6.10 Å². The van der Waals surface area contributed by atoms with Crippen molar-refractivity contribution < 1.29 is 5.11 Å². The summed E-state index contributed by atoms with van der Waals surface area (Å²) in [6.45, 7) is 2.70. The number of benzene rings is 1. The predicted molar refractivity (Wildman–Crippen MR) is 66.9 cm³/mol. The van der Waals surface area contributed by atoms with Gasteiger partial charge >= 0.3 is 0 Å². The summed E-state index contributed by atoms with van der Waals surface area (Å²) in [7, 11) is 0. The summed E-state index contributed by atoms with van der Waals surface area (Å²) in [5.74, 6) is 0. The molecule has 1 aliphatic rings. The van der Waals surface area contributed by atoms with Gasteiger partial charge in [-0.15, -0.1) is 0 Å². The molecule has 1 aromatic carbocycles. The van der Waals surface area contributed by atoms with Gasteiger partial charge < -0.3 is 10.4 Å². The van der Waals surface area contributed by atoms with E-state index in [1.165, 1.54) is 11.1 Å². The van der Waals surface area contributed by atoms with E-state index in [2.05, 4.69) is 17.4 Å². The smallest absolute Gasteiger partial charge is 0.0524 e. The number of aliphatic hydroxyl groups is 1. The zero-order valence-electron chi connectivity index (χ0n) is 9.54. The molecule has 2 nitrogen and oxygen atoms in total. The van der Waals surface area contributed by atoms with Crippen molar-refractivity contribution in [2.24, 2.45) is 0 Å². The second kappa shape index (κ2) is 5.17. The maximum atomic E-state index is 9.18. The molecular weight excluding hydrogens is 222 g/mol. The van der Waals surface area contributed by atoms with E-state index in [1.54, 1.807) is 0 Å². The Morgan fingerprint density at radius 2 is 2.19 bits per heavy atom. The van der Waals surface area contributed by atoms with Gasteiger partial charge in [-0.2, -0.15) is 0 Å². The van der Waals surface area contributed by atoms with E-state index in [4.69, 9.17) is 11.6 Å². The quantitative estimate of drug-likeness (QED) is 0.844. The second-order valence-corrected chi connectivity index (χ2v) is 5.05. The first kappa shape index (κ1) is 11.9. The van der Waals surface area contributed by atoms with Crippen LogP contribution >= 0.6 is 11.6 Å². The summed E-state index contributed by atoms with van der Waals surface area (Å²) >= 11 is 5.96. The summed E-state index contributed by atoms with van der Waals surface area (Å²) in [4.78, 5) is 0. The predicted octanol–water partition coefficient (Wildman–Crippen LogP) is 2.17. The Hall–Kier alpha value is -0.570. The van der Waals surface area contributed by atoms with Gasteiger partial charge in [0.15, 0.2) is 0 Å². The molecule has 2 atom stereocenters. The minimum atomic E-state index is -0.217. The number of nitrogens with one attached hydrogen (secondary N) is 1. The second-order valence-electron chi connectivity index (χ2n) is 4.61. The van der Waals surface area contributed by atoms with Crippen LogP contribution < -0.4 is 5.32 Å². The fourth-order valence-electron chi connectivity index (χ4n) is 2.23. The lowest BCUT2D eigenvalue weighted by molar-refractivity contribution is 0.182. The number of halogens is 1. The summed E-state index contributed by atoms with van der Waals surface area (Å²) in [6.07, 6.45) is 2.72. The Balaban J connectivity index is 1.86. The van der Waals surface area contributed by atoms with E-state index in [9.17, 15) is 5.11 Å². The third kappa shape index (κ3) is 2.97. The van der Waals surface area contributed by atoms with Crippen molar-refractivity contribution in [2.75, 3.05) is 6.54 Å². The van der Waals surface area contributed by atoms with Gasteiger partial charge in [0.2, 0.25) is 0 Å². The summed E-state index contributed by atoms with van der Waals surface area (Å²) < 4.78 is 0. The van der Waals surface area contributed by atoms with Gasteiger partial charge in [0, 0.05) is 11.1 Å². The molecule has 1 aliphatic carbocycles. The highest BCUT2D eigenvalue weighted by atomic mass is 35.5. The monoisotopic (exact) mass is 239 g/mol. The lowest BCUT2D eigenvalue weighted by Crippen LogP contribution is -2.31. The summed E-state index contributed by atoms with van der Waals surface area (Å²) in [5.41, 5.74) is 2.76. The first-order valence-corrected chi connectivity index (χ1v) is 6.21. The van der Waals surface area contributed by atoms with Gasteiger partial charge in [-0.1, -0.05) is 17.7 Å². The van der Waals surface area contributed by atoms with Gasteiger partial charge in [-0.25, -0.2) is 0 Å². The third-order valence-electron chi connectivity index (χ3n) is 3.10. The average Bonchev–Trinajstić information content (AvgIpc) is 2.58. The minimum Gasteiger partial charge on any atom is -0.393 e. The van der Waals surface area contributed by atoms with Crippen LogP contribution in [-0.2, 0) is 12.8 Å². The van der Waals surface area contributed by atoms with Crippen LogP contribution in [-0.4, -0.2) is 23.8 Å². The molecule has 1 aromatic rings. The molecule has 0 amide bonds. The molecular formula is C13H18ClNO. The Kier molecular flexibility index (Phi) is 3.85. The first-order chi connectivity index (χ1) is 7.65. The Bertz CT molecular complexity index is 365. The van der Waals surface area contributed by atoms with E-state index in [0.717, 1.165) is 30.8 Å². The lowest BCUT2D eigenvalue weighted by atomic mass is 10.1. The summed E-state index contributed by atoms with van der Waals surface area (Å²) in [5, 5.41) is 13.5. The Morgan fingerprint density at radius 1 is 1.44 bits per heavy atom. The van der Waals surface area contributed by atoms with E-state index in [0.29, 0.717) is 6.04 Å². The fourth-order valence-corrected chi connectivity index (χ4v) is 2.42. The number of fused-ring (bicyclic) bond motifs is 1. The normalized spacial score (nSPS) is 20.8. The minimum absolute atomic E-state index is 0.217. The van der Waals surface area contributed by atoms with Crippen LogP contribution in [0, 0.1) is 0 Å². The van der Waals surface area contributed by atoms with Gasteiger partial charge in [0.1, 0.15) is 0 Å². The topological polar surface area (TPSA) is 32.3 Å². The van der Waals surface area contributed by atoms with Crippen molar-refractivity contribution in [1.82, 2.24) is 5.32 Å². The highest BCUT2D eigenvalue weighted by Gasteiger charge is 2.20.